The lowest BCUT2D eigenvalue weighted by molar-refractivity contribution is -0.141. The van der Waals surface area contributed by atoms with Gasteiger partial charge in [-0.15, -0.1) is 0 Å². The lowest BCUT2D eigenvalue weighted by atomic mass is 10.3. The Kier molecular flexibility index (Phi) is 4.29. The summed E-state index contributed by atoms with van der Waals surface area (Å²) >= 11 is 0. The van der Waals surface area contributed by atoms with Gasteiger partial charge in [-0.25, -0.2) is 4.98 Å². The van der Waals surface area contributed by atoms with Crippen LogP contribution in [0.4, 0.5) is 24.9 Å². The van der Waals surface area contributed by atoms with Crippen molar-refractivity contribution in [3.63, 3.8) is 0 Å². The summed E-state index contributed by atoms with van der Waals surface area (Å²) in [6.45, 7) is 2.84. The Morgan fingerprint density at radius 2 is 2.05 bits per heavy atom. The van der Waals surface area contributed by atoms with Gasteiger partial charge in [0.15, 0.2) is 5.69 Å². The number of anilines is 2. The maximum absolute atomic E-state index is 12.7. The van der Waals surface area contributed by atoms with Gasteiger partial charge < -0.3 is 10.6 Å². The normalized spacial score (nSPS) is 11.5. The van der Waals surface area contributed by atoms with Crippen LogP contribution in [0.25, 0.3) is 0 Å². The van der Waals surface area contributed by atoms with Crippen molar-refractivity contribution >= 4 is 11.8 Å². The smallest absolute Gasteiger partial charge is 0.368 e. The quantitative estimate of drug-likeness (QED) is 0.885. The lowest BCUT2D eigenvalue weighted by Gasteiger charge is -2.11. The third-order valence-electron chi connectivity index (χ3n) is 2.65. The number of rotatable bonds is 5. The van der Waals surface area contributed by atoms with Gasteiger partial charge in [-0.05, 0) is 12.5 Å². The number of nitrogens with one attached hydrogen (secondary N) is 2. The van der Waals surface area contributed by atoms with E-state index in [-0.39, 0.29) is 11.8 Å². The lowest BCUT2D eigenvalue weighted by Crippen LogP contribution is -2.15. The van der Waals surface area contributed by atoms with E-state index in [0.717, 1.165) is 11.6 Å². The van der Waals surface area contributed by atoms with Crippen molar-refractivity contribution in [3.8, 4) is 0 Å². The van der Waals surface area contributed by atoms with E-state index < -0.39 is 11.9 Å². The second kappa shape index (κ2) is 5.98. The minimum absolute atomic E-state index is 0.0812. The minimum atomic E-state index is -4.51. The number of halogens is 3. The number of alkyl halides is 3. The molecule has 2 aromatic heterocycles. The number of aromatic nitrogens is 4. The van der Waals surface area contributed by atoms with Gasteiger partial charge in [-0.3, -0.25) is 4.68 Å². The van der Waals surface area contributed by atoms with Gasteiger partial charge in [0.2, 0.25) is 5.95 Å². The molecule has 9 heteroatoms. The Morgan fingerprint density at radius 3 is 2.62 bits per heavy atom. The van der Waals surface area contributed by atoms with Crippen molar-refractivity contribution in [2.24, 2.45) is 0 Å². The zero-order valence-electron chi connectivity index (χ0n) is 11.6. The van der Waals surface area contributed by atoms with Crippen molar-refractivity contribution < 1.29 is 13.2 Å². The average molecular weight is 300 g/mol. The van der Waals surface area contributed by atoms with Crippen molar-refractivity contribution in [2.45, 2.75) is 19.6 Å². The molecule has 6 nitrogen and oxygen atoms in total. The van der Waals surface area contributed by atoms with Crippen LogP contribution in [-0.2, 0) is 12.7 Å². The third kappa shape index (κ3) is 4.07. The van der Waals surface area contributed by atoms with E-state index in [4.69, 9.17) is 0 Å². The highest BCUT2D eigenvalue weighted by atomic mass is 19.4. The van der Waals surface area contributed by atoms with E-state index in [1.165, 1.54) is 7.05 Å². The molecular weight excluding hydrogens is 285 g/mol. The summed E-state index contributed by atoms with van der Waals surface area (Å²) in [5.74, 6) is 0.0350. The molecule has 2 N–H and O–H groups in total. The number of hydrogen-bond donors (Lipinski definition) is 2. The third-order valence-corrected chi connectivity index (χ3v) is 2.65. The van der Waals surface area contributed by atoms with Gasteiger partial charge in [0.25, 0.3) is 0 Å². The number of aryl methyl sites for hydroxylation is 1. The van der Waals surface area contributed by atoms with Crippen LogP contribution in [0.2, 0.25) is 0 Å². The predicted octanol–water partition coefficient (Wildman–Crippen LogP) is 2.15. The molecule has 0 atom stereocenters. The van der Waals surface area contributed by atoms with Gasteiger partial charge in [0, 0.05) is 25.9 Å². The summed E-state index contributed by atoms with van der Waals surface area (Å²) < 4.78 is 39.8. The predicted molar refractivity (Wildman–Crippen MR) is 72.0 cm³/mol. The van der Waals surface area contributed by atoms with Gasteiger partial charge >= 0.3 is 6.18 Å². The molecule has 0 saturated heterocycles. The van der Waals surface area contributed by atoms with E-state index >= 15 is 0 Å². The van der Waals surface area contributed by atoms with Crippen LogP contribution >= 0.6 is 0 Å². The highest BCUT2D eigenvalue weighted by Gasteiger charge is 2.33. The fourth-order valence-corrected chi connectivity index (χ4v) is 1.68. The molecular formula is C12H15F3N6. The molecule has 0 aromatic carbocycles. The van der Waals surface area contributed by atoms with Crippen LogP contribution < -0.4 is 10.6 Å². The molecule has 0 saturated carbocycles. The number of nitrogens with zero attached hydrogens (tertiary/aromatic N) is 4. The molecule has 0 spiro atoms. The maximum Gasteiger partial charge on any atom is 0.433 e. The molecule has 0 aliphatic carbocycles. The van der Waals surface area contributed by atoms with Gasteiger partial charge in [0.1, 0.15) is 5.82 Å². The van der Waals surface area contributed by atoms with Crippen LogP contribution in [0.3, 0.4) is 0 Å². The summed E-state index contributed by atoms with van der Waals surface area (Å²) in [6.07, 6.45) is -0.947. The van der Waals surface area contributed by atoms with E-state index in [2.05, 4.69) is 25.7 Å². The average Bonchev–Trinajstić information content (AvgIpc) is 2.83. The monoisotopic (exact) mass is 300 g/mol. The molecule has 2 rings (SSSR count). The molecule has 2 aromatic rings. The molecule has 0 amide bonds. The summed E-state index contributed by atoms with van der Waals surface area (Å²) in [5, 5.41) is 9.44. The Morgan fingerprint density at radius 1 is 1.29 bits per heavy atom. The van der Waals surface area contributed by atoms with Crippen LogP contribution in [0.1, 0.15) is 11.3 Å². The van der Waals surface area contributed by atoms with Crippen LogP contribution in [0.5, 0.6) is 0 Å². The Labute approximate surface area is 119 Å². The molecule has 0 unspecified atom stereocenters. The second-order valence-corrected chi connectivity index (χ2v) is 4.42. The van der Waals surface area contributed by atoms with E-state index in [1.54, 1.807) is 10.9 Å². The van der Waals surface area contributed by atoms with Crippen molar-refractivity contribution in [1.29, 1.82) is 0 Å². The first-order valence-electron chi connectivity index (χ1n) is 6.25. The molecule has 0 aliphatic heterocycles. The zero-order chi connectivity index (χ0) is 15.5. The fourth-order valence-electron chi connectivity index (χ4n) is 1.68. The molecule has 0 bridgehead atoms. The van der Waals surface area contributed by atoms with E-state index in [1.807, 2.05) is 13.1 Å². The summed E-state index contributed by atoms with van der Waals surface area (Å²) in [4.78, 5) is 7.33. The Bertz CT molecular complexity index is 607. The molecule has 114 valence electrons. The Hall–Kier alpha value is -2.32. The van der Waals surface area contributed by atoms with Crippen molar-refractivity contribution in [2.75, 3.05) is 24.2 Å². The van der Waals surface area contributed by atoms with E-state index in [9.17, 15) is 13.2 Å². The standard InChI is InChI=1S/C12H15F3N6/c1-8-6-18-21(7-8)4-3-17-10-5-9(12(13,14)15)19-11(16-2)20-10/h5-7H,3-4H2,1-2H3,(H2,16,17,19,20). The van der Waals surface area contributed by atoms with Crippen LogP contribution in [-0.4, -0.2) is 33.3 Å². The first-order valence-corrected chi connectivity index (χ1v) is 6.25. The summed E-state index contributed by atoms with van der Waals surface area (Å²) in [5.41, 5.74) is 0.0353. The minimum Gasteiger partial charge on any atom is -0.368 e. The molecule has 0 radical (unpaired) electrons. The topological polar surface area (TPSA) is 67.7 Å². The molecule has 0 aliphatic rings. The summed E-state index contributed by atoms with van der Waals surface area (Å²) in [6, 6.07) is 0.884. The van der Waals surface area contributed by atoms with Crippen LogP contribution in [0, 0.1) is 6.92 Å². The number of hydrogen-bond acceptors (Lipinski definition) is 5. The van der Waals surface area contributed by atoms with E-state index in [0.29, 0.717) is 13.1 Å². The second-order valence-electron chi connectivity index (χ2n) is 4.42. The molecule has 2 heterocycles. The largest absolute Gasteiger partial charge is 0.433 e. The van der Waals surface area contributed by atoms with Gasteiger partial charge in [-0.2, -0.15) is 23.3 Å². The highest BCUT2D eigenvalue weighted by Crippen LogP contribution is 2.29. The summed E-state index contributed by atoms with van der Waals surface area (Å²) in [7, 11) is 1.46. The van der Waals surface area contributed by atoms with Gasteiger partial charge in [-0.1, -0.05) is 0 Å². The van der Waals surface area contributed by atoms with Crippen molar-refractivity contribution in [1.82, 2.24) is 19.7 Å². The first-order chi connectivity index (χ1) is 9.88. The highest BCUT2D eigenvalue weighted by molar-refractivity contribution is 5.42. The molecule has 0 fully saturated rings. The zero-order valence-corrected chi connectivity index (χ0v) is 11.6. The molecule has 21 heavy (non-hydrogen) atoms. The van der Waals surface area contributed by atoms with Crippen molar-refractivity contribution in [3.05, 3.63) is 29.7 Å². The first kappa shape index (κ1) is 15.1. The van der Waals surface area contributed by atoms with Crippen LogP contribution in [0.15, 0.2) is 18.5 Å². The Balaban J connectivity index is 2.05. The SMILES string of the molecule is CNc1nc(NCCn2cc(C)cn2)cc(C(F)(F)F)n1. The maximum atomic E-state index is 12.7. The fraction of sp³-hybridized carbons (Fsp3) is 0.417. The van der Waals surface area contributed by atoms with Gasteiger partial charge in [0.05, 0.1) is 12.7 Å².